The Balaban J connectivity index is 1.86. The molecule has 1 fully saturated rings. The van der Waals surface area contributed by atoms with Crippen LogP contribution in [-0.4, -0.2) is 16.5 Å². The lowest BCUT2D eigenvalue weighted by molar-refractivity contribution is -0.382. The average Bonchev–Trinajstić information content (AvgIpc) is 3.03. The summed E-state index contributed by atoms with van der Waals surface area (Å²) >= 11 is 1.43. The topological polar surface area (TPSA) is 68.1 Å². The van der Waals surface area contributed by atoms with Crippen molar-refractivity contribution in [2.24, 2.45) is 11.8 Å². The highest BCUT2D eigenvalue weighted by Crippen LogP contribution is 2.36. The number of nitrogens with zero attached hydrogens (tertiary/aromatic N) is 2. The van der Waals surface area contributed by atoms with E-state index in [0.29, 0.717) is 23.0 Å². The molecule has 0 radical (unpaired) electrons. The smallest absolute Gasteiger partial charge is 0.319 e. The number of fused-ring (bicyclic) bond motifs is 1. The maximum absolute atomic E-state index is 11.3. The Labute approximate surface area is 121 Å². The predicted molar refractivity (Wildman–Crippen MR) is 81.3 cm³/mol. The molecule has 1 heterocycles. The van der Waals surface area contributed by atoms with Gasteiger partial charge in [-0.1, -0.05) is 19.8 Å². The average molecular weight is 291 g/mol. The predicted octanol–water partition coefficient (Wildman–Crippen LogP) is 4.05. The summed E-state index contributed by atoms with van der Waals surface area (Å²) in [6.07, 6.45) is 3.74. The number of rotatable bonds is 4. The molecule has 0 saturated heterocycles. The van der Waals surface area contributed by atoms with Crippen molar-refractivity contribution < 1.29 is 4.92 Å². The molecule has 5 nitrogen and oxygen atoms in total. The molecule has 106 valence electrons. The summed E-state index contributed by atoms with van der Waals surface area (Å²) < 4.78 is 0.858. The minimum Gasteiger partial charge on any atom is -0.379 e. The molecular weight excluding hydrogens is 274 g/mol. The van der Waals surface area contributed by atoms with Gasteiger partial charge in [-0.05, 0) is 30.4 Å². The van der Waals surface area contributed by atoms with Gasteiger partial charge in [-0.2, -0.15) is 0 Å². The molecule has 1 aliphatic rings. The number of hydrogen-bond acceptors (Lipinski definition) is 5. The normalized spacial score (nSPS) is 22.2. The maximum Gasteiger partial charge on any atom is 0.319 e. The first-order valence-electron chi connectivity index (χ1n) is 6.91. The Morgan fingerprint density at radius 1 is 1.50 bits per heavy atom. The lowest BCUT2D eigenvalue weighted by Gasteiger charge is -2.16. The molecule has 0 bridgehead atoms. The molecular formula is C14H17N3O2S. The standard InChI is InChI=1S/C14H17N3O2S/c1-9-3-2-4-10(9)7-15-11-5-6-12-13(16-8-20-12)14(11)17(18)19/h5-6,8-10,15H,2-4,7H2,1H3. The minimum atomic E-state index is -0.331. The van der Waals surface area contributed by atoms with Gasteiger partial charge in [0.15, 0.2) is 5.52 Å². The van der Waals surface area contributed by atoms with E-state index in [0.717, 1.165) is 11.2 Å². The molecule has 3 rings (SSSR count). The summed E-state index contributed by atoms with van der Waals surface area (Å²) in [5, 5.41) is 14.6. The molecule has 20 heavy (non-hydrogen) atoms. The second-order valence-corrected chi connectivity index (χ2v) is 6.35. The summed E-state index contributed by atoms with van der Waals surface area (Å²) in [5.41, 5.74) is 2.84. The van der Waals surface area contributed by atoms with Gasteiger partial charge in [0.25, 0.3) is 0 Å². The van der Waals surface area contributed by atoms with Gasteiger partial charge in [0.2, 0.25) is 0 Å². The van der Waals surface area contributed by atoms with Crippen molar-refractivity contribution in [3.8, 4) is 0 Å². The van der Waals surface area contributed by atoms with Gasteiger partial charge < -0.3 is 5.32 Å². The van der Waals surface area contributed by atoms with E-state index in [1.165, 1.54) is 30.6 Å². The van der Waals surface area contributed by atoms with E-state index in [1.54, 1.807) is 11.6 Å². The first-order chi connectivity index (χ1) is 9.66. The zero-order chi connectivity index (χ0) is 14.1. The summed E-state index contributed by atoms with van der Waals surface area (Å²) in [6, 6.07) is 3.71. The van der Waals surface area contributed by atoms with Crippen molar-refractivity contribution in [2.45, 2.75) is 26.2 Å². The number of aromatic nitrogens is 1. The molecule has 1 N–H and O–H groups in total. The first-order valence-corrected chi connectivity index (χ1v) is 7.79. The molecule has 0 spiro atoms. The van der Waals surface area contributed by atoms with Crippen molar-refractivity contribution in [3.05, 3.63) is 27.8 Å². The van der Waals surface area contributed by atoms with Crippen LogP contribution in [0.3, 0.4) is 0 Å². The molecule has 1 saturated carbocycles. The molecule has 6 heteroatoms. The fourth-order valence-electron chi connectivity index (χ4n) is 3.01. The number of thiazole rings is 1. The van der Waals surface area contributed by atoms with E-state index in [-0.39, 0.29) is 10.6 Å². The lowest BCUT2D eigenvalue weighted by atomic mass is 9.98. The van der Waals surface area contributed by atoms with Crippen molar-refractivity contribution in [1.82, 2.24) is 4.98 Å². The first kappa shape index (κ1) is 13.3. The quantitative estimate of drug-likeness (QED) is 0.681. The number of nitro benzene ring substituents is 1. The van der Waals surface area contributed by atoms with Crippen LogP contribution < -0.4 is 5.32 Å². The molecule has 1 aromatic carbocycles. The van der Waals surface area contributed by atoms with E-state index < -0.39 is 0 Å². The van der Waals surface area contributed by atoms with Crippen LogP contribution in [0.1, 0.15) is 26.2 Å². The van der Waals surface area contributed by atoms with E-state index >= 15 is 0 Å². The van der Waals surface area contributed by atoms with Crippen LogP contribution in [0.4, 0.5) is 11.4 Å². The van der Waals surface area contributed by atoms with Crippen LogP contribution >= 0.6 is 11.3 Å². The fraction of sp³-hybridized carbons (Fsp3) is 0.500. The Morgan fingerprint density at radius 2 is 2.35 bits per heavy atom. The number of benzene rings is 1. The maximum atomic E-state index is 11.3. The van der Waals surface area contributed by atoms with Crippen LogP contribution in [0.5, 0.6) is 0 Å². The van der Waals surface area contributed by atoms with Gasteiger partial charge in [-0.25, -0.2) is 4.98 Å². The van der Waals surface area contributed by atoms with Gasteiger partial charge in [-0.3, -0.25) is 10.1 Å². The third kappa shape index (κ3) is 2.35. The molecule has 1 aromatic heterocycles. The van der Waals surface area contributed by atoms with Crippen molar-refractivity contribution in [1.29, 1.82) is 0 Å². The molecule has 0 amide bonds. The number of nitrogens with one attached hydrogen (secondary N) is 1. The summed E-state index contributed by atoms with van der Waals surface area (Å²) in [6.45, 7) is 3.06. The third-order valence-corrected chi connectivity index (χ3v) is 5.05. The molecule has 2 aromatic rings. The van der Waals surface area contributed by atoms with Gasteiger partial charge in [0.1, 0.15) is 5.69 Å². The van der Waals surface area contributed by atoms with Gasteiger partial charge >= 0.3 is 5.69 Å². The van der Waals surface area contributed by atoms with Gasteiger partial charge in [0, 0.05) is 6.54 Å². The Kier molecular flexibility index (Phi) is 3.56. The summed E-state index contributed by atoms with van der Waals surface area (Å²) in [7, 11) is 0. The molecule has 2 unspecified atom stereocenters. The lowest BCUT2D eigenvalue weighted by Crippen LogP contribution is -2.17. The monoisotopic (exact) mass is 291 g/mol. The molecule has 0 aliphatic heterocycles. The van der Waals surface area contributed by atoms with E-state index in [9.17, 15) is 10.1 Å². The zero-order valence-corrected chi connectivity index (χ0v) is 12.2. The van der Waals surface area contributed by atoms with Crippen LogP contribution in [0, 0.1) is 22.0 Å². The van der Waals surface area contributed by atoms with Crippen molar-refractivity contribution >= 4 is 32.9 Å². The highest BCUT2D eigenvalue weighted by molar-refractivity contribution is 7.16. The Hall–Kier alpha value is -1.69. The number of anilines is 1. The highest BCUT2D eigenvalue weighted by Gasteiger charge is 2.25. The zero-order valence-electron chi connectivity index (χ0n) is 11.3. The Morgan fingerprint density at radius 3 is 3.05 bits per heavy atom. The van der Waals surface area contributed by atoms with Crippen LogP contribution in [0.2, 0.25) is 0 Å². The second kappa shape index (κ2) is 5.36. The summed E-state index contributed by atoms with van der Waals surface area (Å²) in [4.78, 5) is 15.1. The van der Waals surface area contributed by atoms with Gasteiger partial charge in [-0.15, -0.1) is 11.3 Å². The second-order valence-electron chi connectivity index (χ2n) is 5.47. The van der Waals surface area contributed by atoms with Crippen LogP contribution in [0.25, 0.3) is 10.2 Å². The Bertz CT molecular complexity index is 640. The van der Waals surface area contributed by atoms with Gasteiger partial charge in [0.05, 0.1) is 15.1 Å². The van der Waals surface area contributed by atoms with Crippen molar-refractivity contribution in [2.75, 3.05) is 11.9 Å². The third-order valence-electron chi connectivity index (χ3n) is 4.25. The van der Waals surface area contributed by atoms with E-state index in [4.69, 9.17) is 0 Å². The summed E-state index contributed by atoms with van der Waals surface area (Å²) in [5.74, 6) is 1.31. The number of nitro groups is 1. The van der Waals surface area contributed by atoms with E-state index in [1.807, 2.05) is 6.07 Å². The largest absolute Gasteiger partial charge is 0.379 e. The fourth-order valence-corrected chi connectivity index (χ4v) is 3.69. The SMILES string of the molecule is CC1CCCC1CNc1ccc2scnc2c1[N+](=O)[O-]. The number of hydrogen-bond donors (Lipinski definition) is 1. The van der Waals surface area contributed by atoms with Crippen molar-refractivity contribution in [3.63, 3.8) is 0 Å². The van der Waals surface area contributed by atoms with Crippen LogP contribution in [-0.2, 0) is 0 Å². The molecule has 2 atom stereocenters. The minimum absolute atomic E-state index is 0.106. The van der Waals surface area contributed by atoms with E-state index in [2.05, 4.69) is 17.2 Å². The highest BCUT2D eigenvalue weighted by atomic mass is 32.1. The van der Waals surface area contributed by atoms with Crippen LogP contribution in [0.15, 0.2) is 17.6 Å². The molecule has 1 aliphatic carbocycles.